The van der Waals surface area contributed by atoms with E-state index in [1.54, 1.807) is 6.92 Å². The van der Waals surface area contributed by atoms with Crippen molar-refractivity contribution in [3.63, 3.8) is 0 Å². The van der Waals surface area contributed by atoms with Gasteiger partial charge >= 0.3 is 0 Å². The summed E-state index contributed by atoms with van der Waals surface area (Å²) in [4.78, 5) is 17.0. The van der Waals surface area contributed by atoms with Gasteiger partial charge in [0.25, 0.3) is 0 Å². The van der Waals surface area contributed by atoms with E-state index in [1.165, 1.54) is 4.31 Å². The minimum absolute atomic E-state index is 0.0592. The zero-order valence-electron chi connectivity index (χ0n) is 15.1. The van der Waals surface area contributed by atoms with Gasteiger partial charge in [-0.25, -0.2) is 12.7 Å². The summed E-state index contributed by atoms with van der Waals surface area (Å²) < 4.78 is 25.4. The van der Waals surface area contributed by atoms with Gasteiger partial charge in [0.2, 0.25) is 15.9 Å². The topological polar surface area (TPSA) is 60.9 Å². The summed E-state index contributed by atoms with van der Waals surface area (Å²) in [6.07, 6.45) is 1.24. The molecule has 0 aliphatic carbocycles. The fourth-order valence-electron chi connectivity index (χ4n) is 3.68. The summed E-state index contributed by atoms with van der Waals surface area (Å²) in [5.41, 5.74) is 1.09. The van der Waals surface area contributed by atoms with E-state index < -0.39 is 10.0 Å². The molecule has 0 aromatic heterocycles. The maximum atomic E-state index is 12.8. The van der Waals surface area contributed by atoms with E-state index in [4.69, 9.17) is 11.6 Å². The quantitative estimate of drug-likeness (QED) is 0.777. The van der Waals surface area contributed by atoms with Gasteiger partial charge in [0.15, 0.2) is 0 Å². The van der Waals surface area contributed by atoms with Crippen LogP contribution in [0.5, 0.6) is 0 Å². The third-order valence-electron chi connectivity index (χ3n) is 5.33. The van der Waals surface area contributed by atoms with Crippen molar-refractivity contribution in [3.05, 3.63) is 29.3 Å². The van der Waals surface area contributed by atoms with Crippen LogP contribution < -0.4 is 4.90 Å². The van der Waals surface area contributed by atoms with Crippen LogP contribution in [0.2, 0.25) is 5.02 Å². The molecule has 2 aliphatic heterocycles. The van der Waals surface area contributed by atoms with Gasteiger partial charge in [0, 0.05) is 55.9 Å². The van der Waals surface area contributed by atoms with Crippen LogP contribution in [0.3, 0.4) is 0 Å². The molecule has 1 aromatic rings. The van der Waals surface area contributed by atoms with Crippen molar-refractivity contribution < 1.29 is 13.2 Å². The van der Waals surface area contributed by atoms with Gasteiger partial charge < -0.3 is 9.80 Å². The molecule has 2 fully saturated rings. The van der Waals surface area contributed by atoms with E-state index in [0.29, 0.717) is 39.0 Å². The van der Waals surface area contributed by atoms with E-state index in [-0.39, 0.29) is 17.6 Å². The number of carbonyl (C=O) groups is 1. The van der Waals surface area contributed by atoms with Crippen LogP contribution in [0, 0.1) is 5.92 Å². The molecule has 0 spiro atoms. The predicted octanol–water partition coefficient (Wildman–Crippen LogP) is 2.05. The molecule has 144 valence electrons. The van der Waals surface area contributed by atoms with Gasteiger partial charge in [-0.3, -0.25) is 4.79 Å². The first kappa shape index (κ1) is 19.5. The first-order valence-corrected chi connectivity index (χ1v) is 11.2. The molecule has 2 heterocycles. The summed E-state index contributed by atoms with van der Waals surface area (Å²) in [6, 6.07) is 7.78. The maximum Gasteiger partial charge on any atom is 0.225 e. The van der Waals surface area contributed by atoms with Crippen molar-refractivity contribution in [2.45, 2.75) is 19.8 Å². The van der Waals surface area contributed by atoms with Crippen molar-refractivity contribution in [2.75, 3.05) is 49.9 Å². The number of anilines is 1. The monoisotopic (exact) mass is 399 g/mol. The number of nitrogens with zero attached hydrogens (tertiary/aromatic N) is 3. The second-order valence-corrected chi connectivity index (χ2v) is 9.56. The number of piperazine rings is 1. The SMILES string of the molecule is CCS(=O)(=O)N1CCC(C(=O)N2CCN(c3cccc(Cl)c3)CC2)CC1. The van der Waals surface area contributed by atoms with Crippen LogP contribution in [0.1, 0.15) is 19.8 Å². The average Bonchev–Trinajstić information content (AvgIpc) is 2.67. The van der Waals surface area contributed by atoms with Gasteiger partial charge in [-0.05, 0) is 38.0 Å². The standard InChI is InChI=1S/C18H26ClN3O3S/c1-2-26(24,25)22-8-6-15(7-9-22)18(23)21-12-10-20(11-13-21)17-5-3-4-16(19)14-17/h3-5,14-15H,2,6-13H2,1H3. The fraction of sp³-hybridized carbons (Fsp3) is 0.611. The van der Waals surface area contributed by atoms with Crippen LogP contribution in [0.4, 0.5) is 5.69 Å². The Morgan fingerprint density at radius 1 is 1.12 bits per heavy atom. The molecule has 1 aromatic carbocycles. The van der Waals surface area contributed by atoms with Crippen molar-refractivity contribution >= 4 is 33.2 Å². The predicted molar refractivity (Wildman–Crippen MR) is 104 cm³/mol. The summed E-state index contributed by atoms with van der Waals surface area (Å²) in [7, 11) is -3.15. The Bertz CT molecular complexity index is 740. The smallest absolute Gasteiger partial charge is 0.225 e. The third kappa shape index (κ3) is 4.32. The fourth-order valence-corrected chi connectivity index (χ4v) is 5.00. The van der Waals surface area contributed by atoms with Crippen LogP contribution in [-0.2, 0) is 14.8 Å². The Labute approximate surface area is 160 Å². The Kier molecular flexibility index (Phi) is 6.10. The number of sulfonamides is 1. The molecule has 3 rings (SSSR count). The van der Waals surface area contributed by atoms with Gasteiger partial charge in [0.05, 0.1) is 5.75 Å². The molecule has 26 heavy (non-hydrogen) atoms. The Morgan fingerprint density at radius 3 is 2.35 bits per heavy atom. The molecular weight excluding hydrogens is 374 g/mol. The number of rotatable bonds is 4. The van der Waals surface area contributed by atoms with E-state index in [2.05, 4.69) is 4.90 Å². The summed E-state index contributed by atoms with van der Waals surface area (Å²) in [5.74, 6) is 0.234. The largest absolute Gasteiger partial charge is 0.368 e. The molecule has 0 radical (unpaired) electrons. The third-order valence-corrected chi connectivity index (χ3v) is 7.44. The first-order chi connectivity index (χ1) is 12.4. The highest BCUT2D eigenvalue weighted by Gasteiger charge is 2.33. The Morgan fingerprint density at radius 2 is 1.77 bits per heavy atom. The highest BCUT2D eigenvalue weighted by atomic mass is 35.5. The molecule has 2 aliphatic rings. The minimum Gasteiger partial charge on any atom is -0.368 e. The number of piperidine rings is 1. The lowest BCUT2D eigenvalue weighted by atomic mass is 9.96. The van der Waals surface area contributed by atoms with Crippen LogP contribution >= 0.6 is 11.6 Å². The van der Waals surface area contributed by atoms with Gasteiger partial charge in [0.1, 0.15) is 0 Å². The Hall–Kier alpha value is -1.31. The highest BCUT2D eigenvalue weighted by Crippen LogP contribution is 2.24. The molecule has 0 unspecified atom stereocenters. The molecular formula is C18H26ClN3O3S. The molecule has 6 nitrogen and oxygen atoms in total. The molecule has 0 bridgehead atoms. The molecule has 0 saturated carbocycles. The normalized spacial score (nSPS) is 20.4. The molecule has 0 N–H and O–H groups in total. The summed E-state index contributed by atoms with van der Waals surface area (Å²) in [5, 5.41) is 0.717. The van der Waals surface area contributed by atoms with Gasteiger partial charge in [-0.15, -0.1) is 0 Å². The second-order valence-electron chi connectivity index (χ2n) is 6.87. The van der Waals surface area contributed by atoms with E-state index in [9.17, 15) is 13.2 Å². The molecule has 1 amide bonds. The number of carbonyl (C=O) groups excluding carboxylic acids is 1. The van der Waals surface area contributed by atoms with Crippen molar-refractivity contribution in [1.29, 1.82) is 0 Å². The first-order valence-electron chi connectivity index (χ1n) is 9.18. The highest BCUT2D eigenvalue weighted by molar-refractivity contribution is 7.89. The van der Waals surface area contributed by atoms with Gasteiger partial charge in [-0.1, -0.05) is 17.7 Å². The summed E-state index contributed by atoms with van der Waals surface area (Å²) >= 11 is 6.06. The van der Waals surface area contributed by atoms with Crippen molar-refractivity contribution in [3.8, 4) is 0 Å². The zero-order chi connectivity index (χ0) is 18.7. The second kappa shape index (κ2) is 8.15. The Balaban J connectivity index is 1.51. The van der Waals surface area contributed by atoms with Gasteiger partial charge in [-0.2, -0.15) is 0 Å². The van der Waals surface area contributed by atoms with Crippen LogP contribution in [0.25, 0.3) is 0 Å². The maximum absolute atomic E-state index is 12.8. The lowest BCUT2D eigenvalue weighted by Gasteiger charge is -2.39. The number of hydrogen-bond acceptors (Lipinski definition) is 4. The van der Waals surface area contributed by atoms with Crippen LogP contribution in [0.15, 0.2) is 24.3 Å². The van der Waals surface area contributed by atoms with E-state index in [0.717, 1.165) is 23.8 Å². The van der Waals surface area contributed by atoms with Crippen LogP contribution in [-0.4, -0.2) is 68.6 Å². The number of hydrogen-bond donors (Lipinski definition) is 0. The number of amides is 1. The van der Waals surface area contributed by atoms with Crippen molar-refractivity contribution in [1.82, 2.24) is 9.21 Å². The molecule has 2 saturated heterocycles. The number of benzene rings is 1. The molecule has 8 heteroatoms. The van der Waals surface area contributed by atoms with E-state index in [1.807, 2.05) is 29.2 Å². The average molecular weight is 400 g/mol. The lowest BCUT2D eigenvalue weighted by molar-refractivity contribution is -0.137. The van der Waals surface area contributed by atoms with Crippen molar-refractivity contribution in [2.24, 2.45) is 5.92 Å². The summed E-state index contributed by atoms with van der Waals surface area (Å²) in [6.45, 7) is 5.53. The molecule has 0 atom stereocenters. The lowest BCUT2D eigenvalue weighted by Crippen LogP contribution is -2.52. The number of halogens is 1. The zero-order valence-corrected chi connectivity index (χ0v) is 16.7. The van der Waals surface area contributed by atoms with E-state index >= 15 is 0 Å². The minimum atomic E-state index is -3.15.